The van der Waals surface area contributed by atoms with Crippen LogP contribution in [0.3, 0.4) is 0 Å². The van der Waals surface area contributed by atoms with Crippen LogP contribution in [0, 0.1) is 0 Å². The van der Waals surface area contributed by atoms with Crippen LogP contribution < -0.4 is 16.2 Å². The van der Waals surface area contributed by atoms with E-state index in [0.717, 1.165) is 19.3 Å². The van der Waals surface area contributed by atoms with Gasteiger partial charge in [-0.15, -0.1) is 0 Å². The van der Waals surface area contributed by atoms with Gasteiger partial charge in [0.25, 0.3) is 5.91 Å². The SMILES string of the molecule is CCC[C@@H](C(=O)NN)N1c2ccccc2[C@@H](C)CC1(C)C. The number of hydrazine groups is 1. The Bertz CT molecular complexity index is 513. The molecule has 21 heavy (non-hydrogen) atoms. The molecular weight excluding hydrogens is 262 g/mol. The van der Waals surface area contributed by atoms with Crippen LogP contribution in [0.1, 0.15) is 58.4 Å². The molecule has 2 atom stereocenters. The van der Waals surface area contributed by atoms with E-state index in [1.807, 2.05) is 6.07 Å². The second-order valence-electron chi connectivity index (χ2n) is 6.66. The summed E-state index contributed by atoms with van der Waals surface area (Å²) in [7, 11) is 0. The van der Waals surface area contributed by atoms with Crippen molar-refractivity contribution >= 4 is 11.6 Å². The van der Waals surface area contributed by atoms with E-state index in [9.17, 15) is 4.79 Å². The topological polar surface area (TPSA) is 58.4 Å². The Morgan fingerprint density at radius 1 is 1.48 bits per heavy atom. The molecule has 0 aromatic heterocycles. The first-order chi connectivity index (χ1) is 9.92. The summed E-state index contributed by atoms with van der Waals surface area (Å²) in [5, 5.41) is 0. The Kier molecular flexibility index (Phi) is 4.57. The zero-order valence-electron chi connectivity index (χ0n) is 13.5. The molecule has 1 aliphatic rings. The molecule has 0 fully saturated rings. The average Bonchev–Trinajstić information content (AvgIpc) is 2.44. The summed E-state index contributed by atoms with van der Waals surface area (Å²) in [6.07, 6.45) is 2.78. The summed E-state index contributed by atoms with van der Waals surface area (Å²) in [5.41, 5.74) is 4.77. The van der Waals surface area contributed by atoms with Gasteiger partial charge in [-0.1, -0.05) is 38.5 Å². The van der Waals surface area contributed by atoms with Gasteiger partial charge in [-0.2, -0.15) is 0 Å². The smallest absolute Gasteiger partial charge is 0.256 e. The first-order valence-electron chi connectivity index (χ1n) is 7.81. The van der Waals surface area contributed by atoms with Gasteiger partial charge in [-0.25, -0.2) is 5.84 Å². The van der Waals surface area contributed by atoms with Crippen LogP contribution in [-0.4, -0.2) is 17.5 Å². The quantitative estimate of drug-likeness (QED) is 0.509. The highest BCUT2D eigenvalue weighted by molar-refractivity contribution is 5.86. The van der Waals surface area contributed by atoms with Gasteiger partial charge in [0.1, 0.15) is 6.04 Å². The number of nitrogens with two attached hydrogens (primary N) is 1. The number of amides is 1. The van der Waals surface area contributed by atoms with Gasteiger partial charge < -0.3 is 4.90 Å². The van der Waals surface area contributed by atoms with Crippen molar-refractivity contribution < 1.29 is 4.79 Å². The molecule has 2 rings (SSSR count). The predicted molar refractivity (Wildman–Crippen MR) is 87.1 cm³/mol. The Labute approximate surface area is 127 Å². The molecule has 1 aliphatic heterocycles. The van der Waals surface area contributed by atoms with E-state index >= 15 is 0 Å². The number of hydrogen-bond donors (Lipinski definition) is 2. The van der Waals surface area contributed by atoms with Crippen LogP contribution in [0.25, 0.3) is 0 Å². The van der Waals surface area contributed by atoms with Gasteiger partial charge in [0, 0.05) is 11.2 Å². The lowest BCUT2D eigenvalue weighted by Gasteiger charge is -2.50. The first kappa shape index (κ1) is 15.8. The highest BCUT2D eigenvalue weighted by Crippen LogP contribution is 2.44. The molecule has 0 spiro atoms. The van der Waals surface area contributed by atoms with E-state index in [4.69, 9.17) is 5.84 Å². The third-order valence-corrected chi connectivity index (χ3v) is 4.50. The molecule has 0 unspecified atom stereocenters. The first-order valence-corrected chi connectivity index (χ1v) is 7.81. The van der Waals surface area contributed by atoms with E-state index in [2.05, 4.69) is 56.2 Å². The van der Waals surface area contributed by atoms with Crippen LogP contribution in [0.4, 0.5) is 5.69 Å². The predicted octanol–water partition coefficient (Wildman–Crippen LogP) is 2.94. The van der Waals surface area contributed by atoms with Gasteiger partial charge >= 0.3 is 0 Å². The number of nitrogens with one attached hydrogen (secondary N) is 1. The number of hydrogen-bond acceptors (Lipinski definition) is 3. The number of para-hydroxylation sites is 1. The van der Waals surface area contributed by atoms with Crippen LogP contribution in [0.2, 0.25) is 0 Å². The molecule has 0 saturated carbocycles. The van der Waals surface area contributed by atoms with E-state index in [-0.39, 0.29) is 17.5 Å². The van der Waals surface area contributed by atoms with Crippen molar-refractivity contribution in [3.63, 3.8) is 0 Å². The minimum Gasteiger partial charge on any atom is -0.354 e. The molecule has 3 N–H and O–H groups in total. The minimum atomic E-state index is -0.219. The Morgan fingerprint density at radius 3 is 2.76 bits per heavy atom. The van der Waals surface area contributed by atoms with Gasteiger partial charge in [0.05, 0.1) is 0 Å². The largest absolute Gasteiger partial charge is 0.354 e. The minimum absolute atomic E-state index is 0.0693. The number of rotatable bonds is 4. The molecule has 0 radical (unpaired) electrons. The van der Waals surface area contributed by atoms with Crippen molar-refractivity contribution in [1.29, 1.82) is 0 Å². The Balaban J connectivity index is 2.52. The highest BCUT2D eigenvalue weighted by atomic mass is 16.2. The summed E-state index contributed by atoms with van der Waals surface area (Å²) in [5.74, 6) is 5.81. The number of carbonyl (C=O) groups excluding carboxylic acids is 1. The van der Waals surface area contributed by atoms with Crippen LogP contribution in [0.15, 0.2) is 24.3 Å². The van der Waals surface area contributed by atoms with Crippen LogP contribution >= 0.6 is 0 Å². The van der Waals surface area contributed by atoms with Crippen molar-refractivity contribution in [2.75, 3.05) is 4.90 Å². The van der Waals surface area contributed by atoms with Crippen molar-refractivity contribution in [2.24, 2.45) is 5.84 Å². The third-order valence-electron chi connectivity index (χ3n) is 4.50. The van der Waals surface area contributed by atoms with Gasteiger partial charge in [0.2, 0.25) is 0 Å². The normalized spacial score (nSPS) is 21.6. The molecule has 1 aromatic carbocycles. The van der Waals surface area contributed by atoms with Crippen molar-refractivity contribution in [3.05, 3.63) is 29.8 Å². The number of benzene rings is 1. The van der Waals surface area contributed by atoms with E-state index < -0.39 is 0 Å². The molecule has 4 heteroatoms. The summed E-state index contributed by atoms with van der Waals surface area (Å²) in [6.45, 7) is 8.79. The van der Waals surface area contributed by atoms with E-state index in [1.54, 1.807) is 0 Å². The maximum atomic E-state index is 12.3. The zero-order chi connectivity index (χ0) is 15.6. The maximum Gasteiger partial charge on any atom is 0.256 e. The number of nitrogens with zero attached hydrogens (tertiary/aromatic N) is 1. The number of fused-ring (bicyclic) bond motifs is 1. The molecule has 0 bridgehead atoms. The summed E-state index contributed by atoms with van der Waals surface area (Å²) in [4.78, 5) is 14.6. The fourth-order valence-electron chi connectivity index (χ4n) is 3.74. The Morgan fingerprint density at radius 2 is 2.14 bits per heavy atom. The van der Waals surface area contributed by atoms with Gasteiger partial charge in [-0.3, -0.25) is 10.2 Å². The van der Waals surface area contributed by atoms with Crippen molar-refractivity contribution in [2.45, 2.75) is 64.5 Å². The Hall–Kier alpha value is -1.55. The highest BCUT2D eigenvalue weighted by Gasteiger charge is 2.41. The summed E-state index contributed by atoms with van der Waals surface area (Å²) < 4.78 is 0. The molecule has 4 nitrogen and oxygen atoms in total. The standard InChI is InChI=1S/C17H27N3O/c1-5-8-15(16(21)19-18)20-14-10-7-6-9-13(14)12(2)11-17(20,3)4/h6-7,9-10,12,15H,5,8,11,18H2,1-4H3,(H,19,21)/t12-,15-/m0/s1. The van der Waals surface area contributed by atoms with Crippen LogP contribution in [-0.2, 0) is 4.79 Å². The second kappa shape index (κ2) is 6.06. The maximum absolute atomic E-state index is 12.3. The lowest BCUT2D eigenvalue weighted by Crippen LogP contribution is -2.59. The van der Waals surface area contributed by atoms with Crippen molar-refractivity contribution in [3.8, 4) is 0 Å². The van der Waals surface area contributed by atoms with Gasteiger partial charge in [-0.05, 0) is 44.2 Å². The molecule has 1 heterocycles. The molecule has 1 amide bonds. The fraction of sp³-hybridized carbons (Fsp3) is 0.588. The van der Waals surface area contributed by atoms with Gasteiger partial charge in [0.15, 0.2) is 0 Å². The molecule has 116 valence electrons. The summed E-state index contributed by atoms with van der Waals surface area (Å²) >= 11 is 0. The summed E-state index contributed by atoms with van der Waals surface area (Å²) in [6, 6.07) is 8.20. The third kappa shape index (κ3) is 2.91. The second-order valence-corrected chi connectivity index (χ2v) is 6.66. The molecular formula is C17H27N3O. The number of carbonyl (C=O) groups is 1. The monoisotopic (exact) mass is 289 g/mol. The van der Waals surface area contributed by atoms with Crippen LogP contribution in [0.5, 0.6) is 0 Å². The lowest BCUT2D eigenvalue weighted by atomic mass is 9.78. The van der Waals surface area contributed by atoms with E-state index in [1.165, 1.54) is 11.3 Å². The van der Waals surface area contributed by atoms with E-state index in [0.29, 0.717) is 5.92 Å². The average molecular weight is 289 g/mol. The van der Waals surface area contributed by atoms with Crippen molar-refractivity contribution in [1.82, 2.24) is 5.43 Å². The molecule has 0 aliphatic carbocycles. The molecule has 1 aromatic rings. The number of anilines is 1. The fourth-order valence-corrected chi connectivity index (χ4v) is 3.74. The molecule has 0 saturated heterocycles. The zero-order valence-corrected chi connectivity index (χ0v) is 13.5. The lowest BCUT2D eigenvalue weighted by molar-refractivity contribution is -0.123.